The van der Waals surface area contributed by atoms with Gasteiger partial charge in [-0.25, -0.2) is 4.90 Å². The molecule has 1 aliphatic heterocycles. The Balaban J connectivity index is 1.47. The Morgan fingerprint density at radius 3 is 2.05 bits per heavy atom. The molecule has 0 unspecified atom stereocenters. The first-order chi connectivity index (χ1) is 17.9. The van der Waals surface area contributed by atoms with Crippen LogP contribution in [0.25, 0.3) is 0 Å². The summed E-state index contributed by atoms with van der Waals surface area (Å²) in [7, 11) is 0. The first kappa shape index (κ1) is 24.4. The van der Waals surface area contributed by atoms with Crippen molar-refractivity contribution in [3.05, 3.63) is 124 Å². The number of amides is 2. The highest BCUT2D eigenvalue weighted by molar-refractivity contribution is 8.04. The largest absolute Gasteiger partial charge is 0.457 e. The Labute approximate surface area is 220 Å². The van der Waals surface area contributed by atoms with Crippen LogP contribution in [0.5, 0.6) is 11.5 Å². The van der Waals surface area contributed by atoms with Gasteiger partial charge in [0.15, 0.2) is 0 Å². The Bertz CT molecular complexity index is 1490. The molecular formula is C31H26N2O3S. The first-order valence-corrected chi connectivity index (χ1v) is 12.8. The van der Waals surface area contributed by atoms with Gasteiger partial charge in [0.25, 0.3) is 11.8 Å². The zero-order valence-corrected chi connectivity index (χ0v) is 21.6. The van der Waals surface area contributed by atoms with Crippen molar-refractivity contribution in [2.75, 3.05) is 10.2 Å². The zero-order valence-electron chi connectivity index (χ0n) is 20.8. The molecule has 0 atom stereocenters. The summed E-state index contributed by atoms with van der Waals surface area (Å²) in [5, 5.41) is 3.28. The van der Waals surface area contributed by atoms with Gasteiger partial charge >= 0.3 is 0 Å². The number of nitrogens with one attached hydrogen (secondary N) is 1. The summed E-state index contributed by atoms with van der Waals surface area (Å²) in [6.07, 6.45) is 0. The van der Waals surface area contributed by atoms with E-state index in [0.717, 1.165) is 27.3 Å². The smallest absolute Gasteiger partial charge is 0.283 e. The standard InChI is InChI=1S/C31H26N2O3S/c1-20-10-17-26(18-11-20)37-29-28(32-27-19-21(2)9-12-22(27)3)30(34)33(31(29)35)23-13-15-25(16-14-23)36-24-7-5-4-6-8-24/h4-19,32H,1-3H3. The first-order valence-electron chi connectivity index (χ1n) is 11.9. The van der Waals surface area contributed by atoms with E-state index >= 15 is 0 Å². The molecule has 5 nitrogen and oxygen atoms in total. The molecule has 6 heteroatoms. The van der Waals surface area contributed by atoms with Gasteiger partial charge in [-0.3, -0.25) is 9.59 Å². The summed E-state index contributed by atoms with van der Waals surface area (Å²) >= 11 is 1.29. The Morgan fingerprint density at radius 2 is 1.35 bits per heavy atom. The van der Waals surface area contributed by atoms with E-state index in [1.807, 2.05) is 93.6 Å². The fourth-order valence-corrected chi connectivity index (χ4v) is 4.89. The van der Waals surface area contributed by atoms with Crippen LogP contribution < -0.4 is 15.0 Å². The second kappa shape index (κ2) is 10.4. The van der Waals surface area contributed by atoms with Crippen molar-refractivity contribution in [1.82, 2.24) is 0 Å². The van der Waals surface area contributed by atoms with Crippen molar-refractivity contribution in [2.24, 2.45) is 0 Å². The molecule has 0 aromatic heterocycles. The third-order valence-electron chi connectivity index (χ3n) is 6.01. The van der Waals surface area contributed by atoms with Crippen LogP contribution in [0.1, 0.15) is 16.7 Å². The highest BCUT2D eigenvalue weighted by Crippen LogP contribution is 2.39. The van der Waals surface area contributed by atoms with E-state index in [1.165, 1.54) is 16.7 Å². The summed E-state index contributed by atoms with van der Waals surface area (Å²) in [5.74, 6) is 0.574. The van der Waals surface area contributed by atoms with Crippen LogP contribution in [-0.2, 0) is 9.59 Å². The molecule has 0 fully saturated rings. The SMILES string of the molecule is Cc1ccc(SC2=C(Nc3cc(C)ccc3C)C(=O)N(c3ccc(Oc4ccccc4)cc3)C2=O)cc1. The summed E-state index contributed by atoms with van der Waals surface area (Å²) in [6, 6.07) is 30.3. The van der Waals surface area contributed by atoms with Crippen molar-refractivity contribution in [2.45, 2.75) is 25.7 Å². The summed E-state index contributed by atoms with van der Waals surface area (Å²) < 4.78 is 5.87. The van der Waals surface area contributed by atoms with Crippen LogP contribution in [0.15, 0.2) is 113 Å². The molecule has 0 spiro atoms. The summed E-state index contributed by atoms with van der Waals surface area (Å²) in [4.78, 5) is 29.8. The van der Waals surface area contributed by atoms with Gasteiger partial charge in [0.05, 0.1) is 5.69 Å². The molecule has 0 radical (unpaired) electrons. The van der Waals surface area contributed by atoms with Crippen LogP contribution >= 0.6 is 11.8 Å². The number of anilines is 2. The van der Waals surface area contributed by atoms with Crippen LogP contribution in [0.3, 0.4) is 0 Å². The molecule has 2 amide bonds. The van der Waals surface area contributed by atoms with Gasteiger partial charge in [0, 0.05) is 10.6 Å². The predicted octanol–water partition coefficient (Wildman–Crippen LogP) is 7.39. The highest BCUT2D eigenvalue weighted by atomic mass is 32.2. The number of ether oxygens (including phenoxy) is 1. The molecule has 5 rings (SSSR count). The lowest BCUT2D eigenvalue weighted by Gasteiger charge is -2.16. The summed E-state index contributed by atoms with van der Waals surface area (Å²) in [6.45, 7) is 5.98. The van der Waals surface area contributed by atoms with Gasteiger partial charge < -0.3 is 10.1 Å². The van der Waals surface area contributed by atoms with E-state index in [2.05, 4.69) is 5.32 Å². The van der Waals surface area contributed by atoms with Crippen LogP contribution in [0.4, 0.5) is 11.4 Å². The molecule has 1 aliphatic rings. The number of benzene rings is 4. The van der Waals surface area contributed by atoms with E-state index < -0.39 is 5.91 Å². The average Bonchev–Trinajstić information content (AvgIpc) is 3.12. The molecule has 0 saturated carbocycles. The van der Waals surface area contributed by atoms with Crippen molar-refractivity contribution < 1.29 is 14.3 Å². The average molecular weight is 507 g/mol. The number of hydrogen-bond donors (Lipinski definition) is 1. The number of thioether (sulfide) groups is 1. The number of hydrogen-bond acceptors (Lipinski definition) is 5. The van der Waals surface area contributed by atoms with E-state index in [9.17, 15) is 9.59 Å². The summed E-state index contributed by atoms with van der Waals surface area (Å²) in [5.41, 5.74) is 4.72. The van der Waals surface area contributed by atoms with Crippen LogP contribution in [-0.4, -0.2) is 11.8 Å². The van der Waals surface area contributed by atoms with E-state index in [0.29, 0.717) is 22.1 Å². The van der Waals surface area contributed by atoms with Crippen molar-refractivity contribution >= 4 is 35.0 Å². The van der Waals surface area contributed by atoms with Crippen molar-refractivity contribution in [3.63, 3.8) is 0 Å². The number of carbonyl (C=O) groups is 2. The molecule has 0 bridgehead atoms. The zero-order chi connectivity index (χ0) is 25.9. The molecule has 184 valence electrons. The quantitative estimate of drug-likeness (QED) is 0.265. The maximum atomic E-state index is 13.7. The Kier molecular flexibility index (Phi) is 6.84. The van der Waals surface area contributed by atoms with E-state index in [4.69, 9.17) is 4.74 Å². The third kappa shape index (κ3) is 5.29. The Hall–Kier alpha value is -4.29. The number of para-hydroxylation sites is 1. The second-order valence-electron chi connectivity index (χ2n) is 8.92. The number of rotatable bonds is 7. The maximum absolute atomic E-state index is 13.7. The molecule has 0 aliphatic carbocycles. The maximum Gasteiger partial charge on any atom is 0.283 e. The molecular weight excluding hydrogens is 480 g/mol. The number of imide groups is 1. The molecule has 0 saturated heterocycles. The van der Waals surface area contributed by atoms with Crippen LogP contribution in [0, 0.1) is 20.8 Å². The second-order valence-corrected chi connectivity index (χ2v) is 10.0. The van der Waals surface area contributed by atoms with Gasteiger partial charge in [-0.1, -0.05) is 59.8 Å². The lowest BCUT2D eigenvalue weighted by Crippen LogP contribution is -2.32. The van der Waals surface area contributed by atoms with Crippen molar-refractivity contribution in [1.29, 1.82) is 0 Å². The monoisotopic (exact) mass is 506 g/mol. The minimum absolute atomic E-state index is 0.272. The fourth-order valence-electron chi connectivity index (χ4n) is 3.97. The third-order valence-corrected chi connectivity index (χ3v) is 7.10. The molecule has 4 aromatic carbocycles. The van der Waals surface area contributed by atoms with Crippen molar-refractivity contribution in [3.8, 4) is 11.5 Å². The van der Waals surface area contributed by atoms with Gasteiger partial charge in [0.2, 0.25) is 0 Å². The lowest BCUT2D eigenvalue weighted by molar-refractivity contribution is -0.120. The number of aryl methyl sites for hydroxylation is 3. The topological polar surface area (TPSA) is 58.6 Å². The molecule has 37 heavy (non-hydrogen) atoms. The van der Waals surface area contributed by atoms with Gasteiger partial charge in [-0.05, 0) is 86.5 Å². The van der Waals surface area contributed by atoms with Gasteiger partial charge in [0.1, 0.15) is 22.1 Å². The molecule has 1 N–H and O–H groups in total. The normalized spacial score (nSPS) is 13.3. The lowest BCUT2D eigenvalue weighted by atomic mass is 10.1. The predicted molar refractivity (Wildman–Crippen MR) is 149 cm³/mol. The van der Waals surface area contributed by atoms with Gasteiger partial charge in [-0.2, -0.15) is 0 Å². The minimum Gasteiger partial charge on any atom is -0.457 e. The number of carbonyl (C=O) groups excluding carboxylic acids is 2. The molecule has 1 heterocycles. The minimum atomic E-state index is -0.391. The van der Waals surface area contributed by atoms with E-state index in [1.54, 1.807) is 24.3 Å². The van der Waals surface area contributed by atoms with E-state index in [-0.39, 0.29) is 11.6 Å². The van der Waals surface area contributed by atoms with Crippen LogP contribution in [0.2, 0.25) is 0 Å². The molecule has 4 aromatic rings. The highest BCUT2D eigenvalue weighted by Gasteiger charge is 2.40. The fraction of sp³-hybridized carbons (Fsp3) is 0.0968. The Morgan fingerprint density at radius 1 is 0.703 bits per heavy atom. The number of nitrogens with zero attached hydrogens (tertiary/aromatic N) is 1. The van der Waals surface area contributed by atoms with Gasteiger partial charge in [-0.15, -0.1) is 0 Å².